The summed E-state index contributed by atoms with van der Waals surface area (Å²) >= 11 is 0. The first-order chi connectivity index (χ1) is 9.83. The minimum absolute atomic E-state index is 0.104. The zero-order valence-electron chi connectivity index (χ0n) is 11.4. The van der Waals surface area contributed by atoms with Crippen LogP contribution in [-0.4, -0.2) is 38.9 Å². The fourth-order valence-electron chi connectivity index (χ4n) is 2.73. The maximum Gasteiger partial charge on any atom is 0.246 e. The second kappa shape index (κ2) is 5.86. The van der Waals surface area contributed by atoms with Crippen LogP contribution in [0.25, 0.3) is 0 Å². The molecule has 2 aromatic rings. The predicted octanol–water partition coefficient (Wildman–Crippen LogP) is 1.68. The van der Waals surface area contributed by atoms with Crippen LogP contribution in [0.5, 0.6) is 0 Å². The highest BCUT2D eigenvalue weighted by atomic mass is 16.2. The molecular weight excluding hydrogens is 252 g/mol. The largest absolute Gasteiger partial charge is 0.341 e. The van der Waals surface area contributed by atoms with Crippen molar-refractivity contribution in [2.24, 2.45) is 0 Å². The number of carbonyl (C=O) groups is 1. The number of amides is 1. The van der Waals surface area contributed by atoms with Crippen LogP contribution in [0.3, 0.4) is 0 Å². The van der Waals surface area contributed by atoms with Crippen molar-refractivity contribution in [2.75, 3.05) is 13.1 Å². The molecule has 2 heterocycles. The smallest absolute Gasteiger partial charge is 0.246 e. The molecule has 0 atom stereocenters. The van der Waals surface area contributed by atoms with Crippen molar-refractivity contribution in [3.05, 3.63) is 48.3 Å². The maximum atomic E-state index is 12.1. The van der Waals surface area contributed by atoms with Crippen LogP contribution in [0, 0.1) is 0 Å². The number of carbonyl (C=O) groups excluding carboxylic acids is 1. The summed E-state index contributed by atoms with van der Waals surface area (Å²) in [4.78, 5) is 15.5. The zero-order valence-corrected chi connectivity index (χ0v) is 11.4. The minimum Gasteiger partial charge on any atom is -0.341 e. The Balaban J connectivity index is 1.54. The molecule has 1 aromatic carbocycles. The van der Waals surface area contributed by atoms with E-state index in [-0.39, 0.29) is 12.5 Å². The average Bonchev–Trinajstić information content (AvgIpc) is 3.01. The quantitative estimate of drug-likeness (QED) is 0.852. The van der Waals surface area contributed by atoms with Gasteiger partial charge < -0.3 is 4.90 Å². The van der Waals surface area contributed by atoms with Crippen LogP contribution >= 0.6 is 0 Å². The van der Waals surface area contributed by atoms with Gasteiger partial charge in [0.05, 0.1) is 12.4 Å². The normalized spacial score (nSPS) is 16.3. The van der Waals surface area contributed by atoms with Crippen molar-refractivity contribution >= 4 is 5.91 Å². The lowest BCUT2D eigenvalue weighted by atomic mass is 9.89. The van der Waals surface area contributed by atoms with E-state index < -0.39 is 0 Å². The van der Waals surface area contributed by atoms with Crippen molar-refractivity contribution in [1.29, 1.82) is 0 Å². The van der Waals surface area contributed by atoms with E-state index in [1.165, 1.54) is 10.4 Å². The Bertz CT molecular complexity index is 545. The van der Waals surface area contributed by atoms with E-state index >= 15 is 0 Å². The van der Waals surface area contributed by atoms with Gasteiger partial charge in [-0.25, -0.2) is 0 Å². The first kappa shape index (κ1) is 12.8. The van der Waals surface area contributed by atoms with Gasteiger partial charge in [-0.1, -0.05) is 30.3 Å². The molecule has 1 aliphatic rings. The van der Waals surface area contributed by atoms with E-state index in [0.717, 1.165) is 25.9 Å². The van der Waals surface area contributed by atoms with Crippen LogP contribution in [0.15, 0.2) is 42.7 Å². The Kier molecular flexibility index (Phi) is 3.76. The van der Waals surface area contributed by atoms with Gasteiger partial charge in [-0.05, 0) is 24.3 Å². The molecule has 104 valence electrons. The summed E-state index contributed by atoms with van der Waals surface area (Å²) in [5.41, 5.74) is 1.38. The third-order valence-electron chi connectivity index (χ3n) is 3.86. The zero-order chi connectivity index (χ0) is 13.8. The lowest BCUT2D eigenvalue weighted by molar-refractivity contribution is -0.133. The average molecular weight is 270 g/mol. The molecule has 1 aliphatic heterocycles. The summed E-state index contributed by atoms with van der Waals surface area (Å²) in [5, 5.41) is 7.94. The number of hydrogen-bond acceptors (Lipinski definition) is 3. The van der Waals surface area contributed by atoms with E-state index in [0.29, 0.717) is 5.92 Å². The van der Waals surface area contributed by atoms with Gasteiger partial charge in [-0.3, -0.25) is 4.79 Å². The fourth-order valence-corrected chi connectivity index (χ4v) is 2.73. The summed E-state index contributed by atoms with van der Waals surface area (Å²) in [6.45, 7) is 1.88. The van der Waals surface area contributed by atoms with E-state index in [2.05, 4.69) is 34.5 Å². The Morgan fingerprint density at radius 1 is 1.10 bits per heavy atom. The molecule has 0 saturated carbocycles. The van der Waals surface area contributed by atoms with E-state index in [1.807, 2.05) is 11.0 Å². The van der Waals surface area contributed by atoms with Crippen LogP contribution in [-0.2, 0) is 11.3 Å². The molecule has 20 heavy (non-hydrogen) atoms. The van der Waals surface area contributed by atoms with Gasteiger partial charge >= 0.3 is 0 Å². The lowest BCUT2D eigenvalue weighted by Gasteiger charge is -2.32. The molecule has 1 aromatic heterocycles. The van der Waals surface area contributed by atoms with Gasteiger partial charge in [-0.2, -0.15) is 15.0 Å². The first-order valence-corrected chi connectivity index (χ1v) is 7.00. The number of aromatic nitrogens is 3. The molecule has 0 spiro atoms. The predicted molar refractivity (Wildman–Crippen MR) is 75.0 cm³/mol. The molecule has 1 amide bonds. The second-order valence-electron chi connectivity index (χ2n) is 5.13. The summed E-state index contributed by atoms with van der Waals surface area (Å²) in [6.07, 6.45) is 5.24. The number of benzene rings is 1. The summed E-state index contributed by atoms with van der Waals surface area (Å²) in [6, 6.07) is 10.6. The second-order valence-corrected chi connectivity index (χ2v) is 5.13. The summed E-state index contributed by atoms with van der Waals surface area (Å²) < 4.78 is 0. The molecule has 0 radical (unpaired) electrons. The molecule has 5 heteroatoms. The van der Waals surface area contributed by atoms with Crippen molar-refractivity contribution < 1.29 is 4.79 Å². The molecule has 0 unspecified atom stereocenters. The number of nitrogens with zero attached hydrogens (tertiary/aromatic N) is 4. The Labute approximate surface area is 118 Å². The number of piperidine rings is 1. The van der Waals surface area contributed by atoms with Gasteiger partial charge in [0.2, 0.25) is 5.91 Å². The van der Waals surface area contributed by atoms with Crippen LogP contribution in [0.2, 0.25) is 0 Å². The van der Waals surface area contributed by atoms with Gasteiger partial charge in [0.25, 0.3) is 0 Å². The van der Waals surface area contributed by atoms with Gasteiger partial charge in [0.1, 0.15) is 6.54 Å². The third kappa shape index (κ3) is 2.87. The van der Waals surface area contributed by atoms with Crippen LogP contribution in [0.1, 0.15) is 24.3 Å². The minimum atomic E-state index is 0.104. The van der Waals surface area contributed by atoms with Gasteiger partial charge in [-0.15, -0.1) is 0 Å². The van der Waals surface area contributed by atoms with Crippen LogP contribution < -0.4 is 0 Å². The van der Waals surface area contributed by atoms with Crippen molar-refractivity contribution in [1.82, 2.24) is 19.9 Å². The summed E-state index contributed by atoms with van der Waals surface area (Å²) in [5.74, 6) is 0.677. The highest BCUT2D eigenvalue weighted by Gasteiger charge is 2.23. The summed E-state index contributed by atoms with van der Waals surface area (Å²) in [7, 11) is 0. The molecule has 3 rings (SSSR count). The standard InChI is InChI=1S/C15H18N4O/c20-15(12-19-16-8-9-17-19)18-10-6-14(7-11-18)13-4-2-1-3-5-13/h1-5,8-9,14H,6-7,10-12H2. The Hall–Kier alpha value is -2.17. The molecule has 5 nitrogen and oxygen atoms in total. The maximum absolute atomic E-state index is 12.1. The molecule has 1 fully saturated rings. The highest BCUT2D eigenvalue weighted by Crippen LogP contribution is 2.27. The van der Waals surface area contributed by atoms with Gasteiger partial charge in [0.15, 0.2) is 0 Å². The topological polar surface area (TPSA) is 51.0 Å². The SMILES string of the molecule is O=C(Cn1nccn1)N1CCC(c2ccccc2)CC1. The first-order valence-electron chi connectivity index (χ1n) is 7.00. The number of likely N-dealkylation sites (tertiary alicyclic amines) is 1. The third-order valence-corrected chi connectivity index (χ3v) is 3.86. The van der Waals surface area contributed by atoms with Crippen molar-refractivity contribution in [3.63, 3.8) is 0 Å². The van der Waals surface area contributed by atoms with E-state index in [4.69, 9.17) is 0 Å². The number of rotatable bonds is 3. The molecule has 0 bridgehead atoms. The molecule has 1 saturated heterocycles. The lowest BCUT2D eigenvalue weighted by Crippen LogP contribution is -2.40. The number of hydrogen-bond donors (Lipinski definition) is 0. The van der Waals surface area contributed by atoms with E-state index in [9.17, 15) is 4.79 Å². The molecular formula is C15H18N4O. The van der Waals surface area contributed by atoms with Crippen molar-refractivity contribution in [2.45, 2.75) is 25.3 Å². The highest BCUT2D eigenvalue weighted by molar-refractivity contribution is 5.75. The van der Waals surface area contributed by atoms with Crippen molar-refractivity contribution in [3.8, 4) is 0 Å². The Morgan fingerprint density at radius 2 is 1.75 bits per heavy atom. The molecule has 0 aliphatic carbocycles. The molecule has 0 N–H and O–H groups in total. The Morgan fingerprint density at radius 3 is 2.40 bits per heavy atom. The fraction of sp³-hybridized carbons (Fsp3) is 0.400. The van der Waals surface area contributed by atoms with Crippen LogP contribution in [0.4, 0.5) is 0 Å². The monoisotopic (exact) mass is 270 g/mol. The van der Waals surface area contributed by atoms with E-state index in [1.54, 1.807) is 12.4 Å². The van der Waals surface area contributed by atoms with Gasteiger partial charge in [0, 0.05) is 13.1 Å².